The molecule has 126 valence electrons. The van der Waals surface area contributed by atoms with E-state index in [2.05, 4.69) is 44.9 Å². The zero-order valence-corrected chi connectivity index (χ0v) is 15.8. The highest BCUT2D eigenvalue weighted by molar-refractivity contribution is 9.10. The smallest absolute Gasteiger partial charge is 0.133 e. The second kappa shape index (κ2) is 8.04. The Labute approximate surface area is 156 Å². The lowest BCUT2D eigenvalue weighted by atomic mass is 10.1. The maximum atomic E-state index is 5.72. The normalized spacial score (nSPS) is 10.4. The molecule has 0 unspecified atom stereocenters. The molecule has 25 heavy (non-hydrogen) atoms. The van der Waals surface area contributed by atoms with Crippen molar-refractivity contribution in [2.75, 3.05) is 0 Å². The van der Waals surface area contributed by atoms with Crippen LogP contribution in [0.5, 0.6) is 5.75 Å². The highest BCUT2D eigenvalue weighted by Gasteiger charge is 2.03. The molecule has 0 spiro atoms. The molecular formula is C21H19BrN2O. The summed E-state index contributed by atoms with van der Waals surface area (Å²) < 4.78 is 8.68. The zero-order valence-electron chi connectivity index (χ0n) is 14.2. The van der Waals surface area contributed by atoms with Gasteiger partial charge in [0.2, 0.25) is 0 Å². The molecule has 3 aromatic rings. The summed E-state index contributed by atoms with van der Waals surface area (Å²) in [6, 6.07) is 14.2. The summed E-state index contributed by atoms with van der Waals surface area (Å²) in [7, 11) is 0. The lowest BCUT2D eigenvalue weighted by molar-refractivity contribution is 0.241. The number of hydrogen-bond acceptors (Lipinski definition) is 2. The van der Waals surface area contributed by atoms with Gasteiger partial charge in [0.25, 0.3) is 0 Å². The van der Waals surface area contributed by atoms with Crippen LogP contribution in [0, 0.1) is 11.8 Å². The first-order valence-corrected chi connectivity index (χ1v) is 8.92. The minimum absolute atomic E-state index is 0.147. The molecule has 2 aromatic carbocycles. The van der Waals surface area contributed by atoms with Gasteiger partial charge in [-0.15, -0.1) is 0 Å². The average molecular weight is 395 g/mol. The first kappa shape index (κ1) is 17.3. The Morgan fingerprint density at radius 1 is 1.08 bits per heavy atom. The van der Waals surface area contributed by atoms with Gasteiger partial charge in [-0.05, 0) is 65.7 Å². The molecule has 3 nitrogen and oxygen atoms in total. The summed E-state index contributed by atoms with van der Waals surface area (Å²) in [4.78, 5) is 4.06. The van der Waals surface area contributed by atoms with E-state index < -0.39 is 0 Å². The van der Waals surface area contributed by atoms with Gasteiger partial charge in [-0.3, -0.25) is 0 Å². The second-order valence-electron chi connectivity index (χ2n) is 5.99. The number of nitrogens with zero attached hydrogens (tertiary/aromatic N) is 2. The van der Waals surface area contributed by atoms with Crippen LogP contribution in [0.2, 0.25) is 0 Å². The predicted molar refractivity (Wildman–Crippen MR) is 104 cm³/mol. The molecule has 0 N–H and O–H groups in total. The molecule has 0 aliphatic carbocycles. The van der Waals surface area contributed by atoms with Crippen LogP contribution in [0.4, 0.5) is 0 Å². The number of aromatic nitrogens is 2. The lowest BCUT2D eigenvalue weighted by Crippen LogP contribution is -2.05. The van der Waals surface area contributed by atoms with E-state index in [0.29, 0.717) is 0 Å². The maximum absolute atomic E-state index is 5.72. The first-order chi connectivity index (χ1) is 12.1. The fraction of sp³-hybridized carbons (Fsp3) is 0.190. The zero-order chi connectivity index (χ0) is 17.6. The lowest BCUT2D eigenvalue weighted by Gasteiger charge is -2.11. The van der Waals surface area contributed by atoms with Crippen molar-refractivity contribution in [2.45, 2.75) is 26.5 Å². The highest BCUT2D eigenvalue weighted by Crippen LogP contribution is 2.26. The monoisotopic (exact) mass is 394 g/mol. The second-order valence-corrected chi connectivity index (χ2v) is 6.85. The van der Waals surface area contributed by atoms with Crippen LogP contribution in [0.25, 0.3) is 0 Å². The molecule has 0 saturated carbocycles. The quantitative estimate of drug-likeness (QED) is 0.589. The van der Waals surface area contributed by atoms with E-state index in [-0.39, 0.29) is 6.10 Å². The van der Waals surface area contributed by atoms with Crippen LogP contribution in [0.3, 0.4) is 0 Å². The summed E-state index contributed by atoms with van der Waals surface area (Å²) in [6.45, 7) is 4.84. The van der Waals surface area contributed by atoms with Crippen molar-refractivity contribution in [3.05, 3.63) is 82.3 Å². The molecule has 1 heterocycles. The third-order valence-electron chi connectivity index (χ3n) is 3.52. The van der Waals surface area contributed by atoms with Crippen LogP contribution in [-0.4, -0.2) is 15.7 Å². The minimum atomic E-state index is 0.147. The number of hydrogen-bond donors (Lipinski definition) is 0. The van der Waals surface area contributed by atoms with Gasteiger partial charge in [0.1, 0.15) is 5.75 Å². The van der Waals surface area contributed by atoms with Crippen molar-refractivity contribution in [3.8, 4) is 17.6 Å². The fourth-order valence-corrected chi connectivity index (χ4v) is 2.83. The van der Waals surface area contributed by atoms with Crippen molar-refractivity contribution < 1.29 is 4.74 Å². The van der Waals surface area contributed by atoms with E-state index in [0.717, 1.165) is 27.9 Å². The molecule has 0 aliphatic rings. The van der Waals surface area contributed by atoms with Crippen molar-refractivity contribution in [1.82, 2.24) is 9.55 Å². The number of rotatable bonds is 4. The molecule has 0 radical (unpaired) electrons. The summed E-state index contributed by atoms with van der Waals surface area (Å²) in [5, 5.41) is 0. The molecule has 0 aliphatic heterocycles. The Kier molecular flexibility index (Phi) is 5.57. The van der Waals surface area contributed by atoms with Crippen molar-refractivity contribution in [1.29, 1.82) is 0 Å². The Balaban J connectivity index is 1.69. The summed E-state index contributed by atoms with van der Waals surface area (Å²) in [5.41, 5.74) is 3.17. The van der Waals surface area contributed by atoms with Crippen LogP contribution in [-0.2, 0) is 6.54 Å². The van der Waals surface area contributed by atoms with Gasteiger partial charge in [-0.1, -0.05) is 24.0 Å². The summed E-state index contributed by atoms with van der Waals surface area (Å²) >= 11 is 3.54. The van der Waals surface area contributed by atoms with E-state index in [9.17, 15) is 0 Å². The largest absolute Gasteiger partial charge is 0.490 e. The van der Waals surface area contributed by atoms with Gasteiger partial charge in [0.05, 0.1) is 16.9 Å². The van der Waals surface area contributed by atoms with E-state index >= 15 is 0 Å². The number of halogens is 1. The molecule has 0 amide bonds. The van der Waals surface area contributed by atoms with Gasteiger partial charge >= 0.3 is 0 Å². The first-order valence-electron chi connectivity index (χ1n) is 8.13. The van der Waals surface area contributed by atoms with E-state index in [1.54, 1.807) is 6.20 Å². The molecule has 0 fully saturated rings. The Hall–Kier alpha value is -2.51. The molecule has 0 atom stereocenters. The van der Waals surface area contributed by atoms with Gasteiger partial charge in [-0.25, -0.2) is 4.98 Å². The van der Waals surface area contributed by atoms with Gasteiger partial charge < -0.3 is 9.30 Å². The van der Waals surface area contributed by atoms with Crippen LogP contribution >= 0.6 is 15.9 Å². The fourth-order valence-electron chi connectivity index (χ4n) is 2.36. The van der Waals surface area contributed by atoms with Crippen molar-refractivity contribution in [3.63, 3.8) is 0 Å². The number of benzene rings is 2. The Morgan fingerprint density at radius 3 is 2.44 bits per heavy atom. The molecule has 0 saturated heterocycles. The SMILES string of the molecule is CC(C)Oc1ccc(C#Cc2ccc(Cn3ccnc3)cc2)cc1Br. The van der Waals surface area contributed by atoms with Crippen LogP contribution in [0.1, 0.15) is 30.5 Å². The predicted octanol–water partition coefficient (Wildman–Crippen LogP) is 4.88. The summed E-state index contributed by atoms with van der Waals surface area (Å²) in [6.07, 6.45) is 5.71. The summed E-state index contributed by atoms with van der Waals surface area (Å²) in [5.74, 6) is 7.24. The third-order valence-corrected chi connectivity index (χ3v) is 4.14. The van der Waals surface area contributed by atoms with Crippen molar-refractivity contribution >= 4 is 15.9 Å². The number of ether oxygens (including phenoxy) is 1. The third kappa shape index (κ3) is 4.98. The van der Waals surface area contributed by atoms with Gasteiger partial charge in [0, 0.05) is 30.1 Å². The van der Waals surface area contributed by atoms with Gasteiger partial charge in [-0.2, -0.15) is 0 Å². The number of imidazole rings is 1. The molecule has 4 heteroatoms. The van der Waals surface area contributed by atoms with E-state index in [1.807, 2.05) is 61.3 Å². The maximum Gasteiger partial charge on any atom is 0.133 e. The van der Waals surface area contributed by atoms with E-state index in [1.165, 1.54) is 5.56 Å². The highest BCUT2D eigenvalue weighted by atomic mass is 79.9. The van der Waals surface area contributed by atoms with E-state index in [4.69, 9.17) is 4.74 Å². The topological polar surface area (TPSA) is 27.1 Å². The minimum Gasteiger partial charge on any atom is -0.490 e. The molecular weight excluding hydrogens is 376 g/mol. The standard InChI is InChI=1S/C21H19BrN2O/c1-16(2)25-21-10-9-18(13-20(21)22)6-3-17-4-7-19(8-5-17)14-24-12-11-23-15-24/h4-5,7-13,15-16H,14H2,1-2H3. The van der Waals surface area contributed by atoms with Crippen LogP contribution in [0.15, 0.2) is 65.7 Å². The van der Waals surface area contributed by atoms with Gasteiger partial charge in [0.15, 0.2) is 0 Å². The average Bonchev–Trinajstić information content (AvgIpc) is 3.09. The Morgan fingerprint density at radius 2 is 1.80 bits per heavy atom. The van der Waals surface area contributed by atoms with Crippen molar-refractivity contribution in [2.24, 2.45) is 0 Å². The Bertz CT molecular complexity index is 888. The molecule has 0 bridgehead atoms. The van der Waals surface area contributed by atoms with Crippen LogP contribution < -0.4 is 4.74 Å². The molecule has 3 rings (SSSR count). The molecule has 1 aromatic heterocycles.